The molecule has 2 rings (SSSR count). The Morgan fingerprint density at radius 3 is 2.04 bits per heavy atom. The minimum absolute atomic E-state index is 0.000712. The molecule has 0 radical (unpaired) electrons. The summed E-state index contributed by atoms with van der Waals surface area (Å²) in [6, 6.07) is 10.6. The lowest BCUT2D eigenvalue weighted by atomic mass is 10.1. The van der Waals surface area contributed by atoms with E-state index < -0.39 is 33.2 Å². The summed E-state index contributed by atoms with van der Waals surface area (Å²) in [6.45, 7) is 0. The van der Waals surface area contributed by atoms with Crippen molar-refractivity contribution >= 4 is 23.0 Å². The van der Waals surface area contributed by atoms with Gasteiger partial charge in [0.05, 0.1) is 15.9 Å². The topological polar surface area (TPSA) is 136 Å². The summed E-state index contributed by atoms with van der Waals surface area (Å²) in [5.74, 6) is -1.17. The first kappa shape index (κ1) is 16.9. The number of aliphatic carboxylic acids is 1. The molecule has 1 unspecified atom stereocenters. The van der Waals surface area contributed by atoms with Crippen molar-refractivity contribution in [2.75, 3.05) is 5.32 Å². The van der Waals surface area contributed by atoms with E-state index in [1.54, 1.807) is 30.3 Å². The van der Waals surface area contributed by atoms with Gasteiger partial charge < -0.3 is 10.4 Å². The fraction of sp³-hybridized carbons (Fsp3) is 0.133. The van der Waals surface area contributed by atoms with E-state index >= 15 is 0 Å². The van der Waals surface area contributed by atoms with Crippen molar-refractivity contribution in [3.8, 4) is 0 Å². The smallest absolute Gasteiger partial charge is 0.326 e. The summed E-state index contributed by atoms with van der Waals surface area (Å²) in [6.07, 6.45) is 0.118. The molecule has 0 aromatic heterocycles. The molecule has 0 bridgehead atoms. The van der Waals surface area contributed by atoms with Crippen LogP contribution in [-0.2, 0) is 11.2 Å². The molecule has 2 N–H and O–H groups in total. The molecular weight excluding hydrogens is 318 g/mol. The van der Waals surface area contributed by atoms with Crippen LogP contribution in [0.1, 0.15) is 5.56 Å². The Morgan fingerprint density at radius 2 is 1.58 bits per heavy atom. The molecule has 0 saturated carbocycles. The van der Waals surface area contributed by atoms with Crippen LogP contribution in [-0.4, -0.2) is 27.0 Å². The van der Waals surface area contributed by atoms with Crippen LogP contribution in [0.4, 0.5) is 17.1 Å². The summed E-state index contributed by atoms with van der Waals surface area (Å²) < 4.78 is 0. The Hall–Kier alpha value is -3.49. The molecule has 0 aliphatic rings. The quantitative estimate of drug-likeness (QED) is 0.588. The minimum atomic E-state index is -1.17. The van der Waals surface area contributed by atoms with Crippen LogP contribution in [0, 0.1) is 20.2 Å². The SMILES string of the molecule is O=C(O)C(Cc1ccccc1)Nc1cc([N+](=O)[O-])cc([N+](=O)[O-])c1. The maximum atomic E-state index is 11.4. The minimum Gasteiger partial charge on any atom is -0.480 e. The average molecular weight is 331 g/mol. The average Bonchev–Trinajstić information content (AvgIpc) is 2.54. The van der Waals surface area contributed by atoms with Gasteiger partial charge in [-0.25, -0.2) is 4.79 Å². The lowest BCUT2D eigenvalue weighted by Gasteiger charge is -2.15. The number of nitro benzene ring substituents is 2. The molecule has 1 atom stereocenters. The molecule has 124 valence electrons. The number of anilines is 1. The molecule has 2 aromatic carbocycles. The van der Waals surface area contributed by atoms with Gasteiger partial charge in [0.1, 0.15) is 6.04 Å². The lowest BCUT2D eigenvalue weighted by Crippen LogP contribution is -2.31. The Morgan fingerprint density at radius 1 is 1.04 bits per heavy atom. The van der Waals surface area contributed by atoms with Gasteiger partial charge in [0.25, 0.3) is 11.4 Å². The standard InChI is InChI=1S/C15H13N3O6/c19-15(20)14(6-10-4-2-1-3-5-10)16-11-7-12(17(21)22)9-13(8-11)18(23)24/h1-5,7-9,14,16H,6H2,(H,19,20). The zero-order valence-electron chi connectivity index (χ0n) is 12.3. The first-order valence-corrected chi connectivity index (χ1v) is 6.84. The summed E-state index contributed by atoms with van der Waals surface area (Å²) in [4.78, 5) is 31.6. The van der Waals surface area contributed by atoms with E-state index in [9.17, 15) is 30.1 Å². The van der Waals surface area contributed by atoms with Crippen molar-refractivity contribution in [2.45, 2.75) is 12.5 Å². The summed E-state index contributed by atoms with van der Waals surface area (Å²) >= 11 is 0. The van der Waals surface area contributed by atoms with E-state index in [0.29, 0.717) is 0 Å². The molecule has 0 aliphatic carbocycles. The second-order valence-electron chi connectivity index (χ2n) is 4.98. The van der Waals surface area contributed by atoms with Crippen LogP contribution in [0.5, 0.6) is 0 Å². The number of carbonyl (C=O) groups is 1. The fourth-order valence-electron chi connectivity index (χ4n) is 2.14. The van der Waals surface area contributed by atoms with Crippen molar-refractivity contribution in [1.82, 2.24) is 0 Å². The van der Waals surface area contributed by atoms with Crippen molar-refractivity contribution in [2.24, 2.45) is 0 Å². The van der Waals surface area contributed by atoms with Crippen molar-refractivity contribution < 1.29 is 19.7 Å². The monoisotopic (exact) mass is 331 g/mol. The number of carboxylic acids is 1. The number of rotatable bonds is 7. The molecule has 0 aliphatic heterocycles. The zero-order valence-corrected chi connectivity index (χ0v) is 12.3. The van der Waals surface area contributed by atoms with E-state index in [1.807, 2.05) is 0 Å². The van der Waals surface area contributed by atoms with Crippen LogP contribution in [0.3, 0.4) is 0 Å². The lowest BCUT2D eigenvalue weighted by molar-refractivity contribution is -0.394. The van der Waals surface area contributed by atoms with Gasteiger partial charge in [0.2, 0.25) is 0 Å². The second kappa shape index (κ2) is 7.18. The number of hydrogen-bond donors (Lipinski definition) is 2. The molecule has 2 aromatic rings. The Kier molecular flexibility index (Phi) is 5.05. The summed E-state index contributed by atoms with van der Waals surface area (Å²) in [5.41, 5.74) is -0.234. The summed E-state index contributed by atoms with van der Waals surface area (Å²) in [5, 5.41) is 33.7. The third-order valence-corrected chi connectivity index (χ3v) is 3.25. The predicted molar refractivity (Wildman–Crippen MR) is 84.9 cm³/mol. The molecule has 0 spiro atoms. The van der Waals surface area contributed by atoms with E-state index in [4.69, 9.17) is 0 Å². The highest BCUT2D eigenvalue weighted by molar-refractivity contribution is 5.78. The molecule has 9 nitrogen and oxygen atoms in total. The third kappa shape index (κ3) is 4.26. The van der Waals surface area contributed by atoms with Crippen molar-refractivity contribution in [1.29, 1.82) is 0 Å². The number of nitrogens with one attached hydrogen (secondary N) is 1. The maximum Gasteiger partial charge on any atom is 0.326 e. The molecule has 24 heavy (non-hydrogen) atoms. The van der Waals surface area contributed by atoms with Crippen LogP contribution in [0.2, 0.25) is 0 Å². The number of hydrogen-bond acceptors (Lipinski definition) is 6. The highest BCUT2D eigenvalue weighted by atomic mass is 16.6. The Bertz CT molecular complexity index is 746. The van der Waals surface area contributed by atoms with Gasteiger partial charge in [-0.2, -0.15) is 0 Å². The molecule has 0 fully saturated rings. The number of nitrogens with zero attached hydrogens (tertiary/aromatic N) is 2. The highest BCUT2D eigenvalue weighted by Gasteiger charge is 2.22. The molecule has 0 saturated heterocycles. The van der Waals surface area contributed by atoms with E-state index in [-0.39, 0.29) is 12.1 Å². The van der Waals surface area contributed by atoms with Gasteiger partial charge in [-0.05, 0) is 5.56 Å². The van der Waals surface area contributed by atoms with E-state index in [1.165, 1.54) is 0 Å². The van der Waals surface area contributed by atoms with Crippen LogP contribution < -0.4 is 5.32 Å². The number of benzene rings is 2. The zero-order chi connectivity index (χ0) is 17.7. The van der Waals surface area contributed by atoms with Crippen molar-refractivity contribution in [3.63, 3.8) is 0 Å². The first-order chi connectivity index (χ1) is 11.4. The number of carboxylic acid groups (broad SMARTS) is 1. The second-order valence-corrected chi connectivity index (χ2v) is 4.98. The van der Waals surface area contributed by atoms with Crippen LogP contribution in [0.15, 0.2) is 48.5 Å². The van der Waals surface area contributed by atoms with Gasteiger partial charge in [-0.1, -0.05) is 30.3 Å². The van der Waals surface area contributed by atoms with Gasteiger partial charge in [0.15, 0.2) is 0 Å². The van der Waals surface area contributed by atoms with Gasteiger partial charge in [-0.3, -0.25) is 20.2 Å². The first-order valence-electron chi connectivity index (χ1n) is 6.84. The van der Waals surface area contributed by atoms with Gasteiger partial charge in [-0.15, -0.1) is 0 Å². The number of nitro groups is 2. The van der Waals surface area contributed by atoms with Crippen molar-refractivity contribution in [3.05, 3.63) is 74.3 Å². The normalized spacial score (nSPS) is 11.5. The molecule has 0 amide bonds. The summed E-state index contributed by atoms with van der Waals surface area (Å²) in [7, 11) is 0. The maximum absolute atomic E-state index is 11.4. The van der Waals surface area contributed by atoms with Gasteiger partial charge in [0, 0.05) is 24.2 Å². The number of non-ortho nitro benzene ring substituents is 2. The van der Waals surface area contributed by atoms with E-state index in [0.717, 1.165) is 23.8 Å². The van der Waals surface area contributed by atoms with Crippen LogP contribution in [0.25, 0.3) is 0 Å². The molecule has 9 heteroatoms. The molecule has 0 heterocycles. The largest absolute Gasteiger partial charge is 0.480 e. The third-order valence-electron chi connectivity index (χ3n) is 3.25. The fourth-order valence-corrected chi connectivity index (χ4v) is 2.14. The highest BCUT2D eigenvalue weighted by Crippen LogP contribution is 2.26. The Labute approximate surface area is 135 Å². The molecular formula is C15H13N3O6. The van der Waals surface area contributed by atoms with Crippen LogP contribution >= 0.6 is 0 Å². The van der Waals surface area contributed by atoms with Gasteiger partial charge >= 0.3 is 5.97 Å². The van der Waals surface area contributed by atoms with E-state index in [2.05, 4.69) is 5.32 Å². The predicted octanol–water partition coefficient (Wildman–Crippen LogP) is 2.61. The Balaban J connectivity index is 2.30.